The Morgan fingerprint density at radius 2 is 1.81 bits per heavy atom. The van der Waals surface area contributed by atoms with Crippen molar-refractivity contribution in [1.29, 1.82) is 0 Å². The smallest absolute Gasteiger partial charge is 0.257 e. The first kappa shape index (κ1) is 21.0. The van der Waals surface area contributed by atoms with Crippen LogP contribution in [-0.4, -0.2) is 50.2 Å². The maximum Gasteiger partial charge on any atom is 0.257 e. The summed E-state index contributed by atoms with van der Waals surface area (Å²) in [6.45, 7) is 3.66. The molecule has 0 radical (unpaired) electrons. The monoisotopic (exact) mass is 423 g/mol. The molecule has 2 heterocycles. The highest BCUT2D eigenvalue weighted by atomic mass is 16.5. The van der Waals surface area contributed by atoms with E-state index < -0.39 is 0 Å². The Morgan fingerprint density at radius 3 is 2.48 bits per heavy atom. The number of rotatable bonds is 5. The Balaban J connectivity index is 1.64. The van der Waals surface area contributed by atoms with Crippen LogP contribution >= 0.6 is 0 Å². The highest BCUT2D eigenvalue weighted by Crippen LogP contribution is 2.35. The van der Waals surface area contributed by atoms with Gasteiger partial charge in [-0.25, -0.2) is 0 Å². The first-order valence-electron chi connectivity index (χ1n) is 10.8. The number of methoxy groups -OCH3 is 2. The second-order valence-corrected chi connectivity index (χ2v) is 7.90. The highest BCUT2D eigenvalue weighted by molar-refractivity contribution is 6.08. The Morgan fingerprint density at radius 1 is 1.06 bits per heavy atom. The number of fused-ring (bicyclic) bond motifs is 2. The number of hydrogen-bond acceptors (Lipinski definition) is 5. The Kier molecular flexibility index (Phi) is 6.02. The van der Waals surface area contributed by atoms with Crippen molar-refractivity contribution in [1.82, 2.24) is 4.90 Å². The molecule has 1 N–H and O–H groups in total. The van der Waals surface area contributed by atoms with Crippen molar-refractivity contribution in [3.8, 4) is 11.5 Å². The van der Waals surface area contributed by atoms with Gasteiger partial charge in [0.1, 0.15) is 17.7 Å². The van der Waals surface area contributed by atoms with Crippen LogP contribution in [0.4, 0.5) is 11.4 Å². The summed E-state index contributed by atoms with van der Waals surface area (Å²) < 4.78 is 10.6. The molecular weight excluding hydrogens is 394 g/mol. The zero-order valence-electron chi connectivity index (χ0n) is 18.3. The van der Waals surface area contributed by atoms with E-state index in [0.29, 0.717) is 28.3 Å². The lowest BCUT2D eigenvalue weighted by Crippen LogP contribution is -2.55. The van der Waals surface area contributed by atoms with Gasteiger partial charge in [-0.15, -0.1) is 0 Å². The van der Waals surface area contributed by atoms with E-state index in [9.17, 15) is 9.59 Å². The van der Waals surface area contributed by atoms with Gasteiger partial charge in [0.2, 0.25) is 0 Å². The molecule has 2 amide bonds. The van der Waals surface area contributed by atoms with E-state index in [1.165, 1.54) is 0 Å². The number of carbonyl (C=O) groups excluding carboxylic acids is 2. The van der Waals surface area contributed by atoms with Crippen molar-refractivity contribution < 1.29 is 19.1 Å². The molecule has 2 aromatic carbocycles. The van der Waals surface area contributed by atoms with E-state index in [-0.39, 0.29) is 18.0 Å². The van der Waals surface area contributed by atoms with Gasteiger partial charge in [0, 0.05) is 42.5 Å². The molecule has 0 spiro atoms. The number of amides is 2. The van der Waals surface area contributed by atoms with Crippen LogP contribution in [0.1, 0.15) is 53.3 Å². The minimum absolute atomic E-state index is 0.0634. The van der Waals surface area contributed by atoms with Gasteiger partial charge in [-0.2, -0.15) is 0 Å². The molecule has 7 heteroatoms. The van der Waals surface area contributed by atoms with Crippen LogP contribution in [0.2, 0.25) is 0 Å². The number of nitrogens with zero attached hydrogens (tertiary/aromatic N) is 2. The first-order valence-corrected chi connectivity index (χ1v) is 10.8. The maximum atomic E-state index is 13.1. The summed E-state index contributed by atoms with van der Waals surface area (Å²) in [4.78, 5) is 30.4. The van der Waals surface area contributed by atoms with Gasteiger partial charge in [0.25, 0.3) is 11.8 Å². The molecule has 0 aliphatic carbocycles. The van der Waals surface area contributed by atoms with Crippen molar-refractivity contribution in [3.63, 3.8) is 0 Å². The maximum absolute atomic E-state index is 13.1. The van der Waals surface area contributed by atoms with Crippen LogP contribution < -0.4 is 19.7 Å². The zero-order chi connectivity index (χ0) is 22.0. The molecule has 4 rings (SSSR count). The van der Waals surface area contributed by atoms with Crippen LogP contribution in [0.25, 0.3) is 0 Å². The van der Waals surface area contributed by atoms with Gasteiger partial charge in [0.15, 0.2) is 0 Å². The fraction of sp³-hybridized carbons (Fsp3) is 0.417. The second kappa shape index (κ2) is 8.88. The number of ether oxygens (including phenoxy) is 2. The SMILES string of the molecule is CCN1c2cc(C(=O)Nc3cc(OC)cc(OC)c3)ccc2C(=O)N2CCCCCC21. The minimum Gasteiger partial charge on any atom is -0.497 e. The molecule has 1 unspecified atom stereocenters. The number of nitrogens with one attached hydrogen (secondary N) is 1. The van der Waals surface area contributed by atoms with E-state index in [0.717, 1.165) is 44.5 Å². The summed E-state index contributed by atoms with van der Waals surface area (Å²) in [5.41, 5.74) is 2.59. The molecule has 0 bridgehead atoms. The molecule has 0 aromatic heterocycles. The molecule has 1 fully saturated rings. The fourth-order valence-corrected chi connectivity index (χ4v) is 4.52. The standard InChI is InChI=1S/C24H29N3O4/c1-4-26-21-12-16(23(28)25-17-13-18(30-2)15-19(14-17)31-3)9-10-20(21)24(29)27-11-7-5-6-8-22(26)27/h9-10,12-15,22H,4-8,11H2,1-3H3,(H,25,28). The summed E-state index contributed by atoms with van der Waals surface area (Å²) in [6, 6.07) is 10.6. The van der Waals surface area contributed by atoms with E-state index in [1.54, 1.807) is 44.6 Å². The van der Waals surface area contributed by atoms with Gasteiger partial charge in [-0.3, -0.25) is 9.59 Å². The third-order valence-electron chi connectivity index (χ3n) is 6.09. The fourth-order valence-electron chi connectivity index (χ4n) is 4.52. The van der Waals surface area contributed by atoms with E-state index in [4.69, 9.17) is 9.47 Å². The number of carbonyl (C=O) groups is 2. The predicted molar refractivity (Wildman–Crippen MR) is 120 cm³/mol. The van der Waals surface area contributed by atoms with Crippen LogP contribution in [0.5, 0.6) is 11.5 Å². The van der Waals surface area contributed by atoms with Crippen LogP contribution in [0, 0.1) is 0 Å². The zero-order valence-corrected chi connectivity index (χ0v) is 18.3. The molecule has 1 atom stereocenters. The van der Waals surface area contributed by atoms with Crippen LogP contribution in [0.3, 0.4) is 0 Å². The summed E-state index contributed by atoms with van der Waals surface area (Å²) in [5, 5.41) is 2.91. The number of benzene rings is 2. The number of hydrogen-bond donors (Lipinski definition) is 1. The van der Waals surface area contributed by atoms with Crippen molar-refractivity contribution in [2.75, 3.05) is 37.5 Å². The third kappa shape index (κ3) is 4.04. The van der Waals surface area contributed by atoms with Gasteiger partial charge in [0.05, 0.1) is 25.5 Å². The van der Waals surface area contributed by atoms with Gasteiger partial charge >= 0.3 is 0 Å². The van der Waals surface area contributed by atoms with E-state index in [2.05, 4.69) is 17.1 Å². The Bertz CT molecular complexity index is 969. The van der Waals surface area contributed by atoms with Crippen LogP contribution in [-0.2, 0) is 0 Å². The normalized spacial score (nSPS) is 18.0. The van der Waals surface area contributed by atoms with E-state index >= 15 is 0 Å². The molecule has 164 valence electrons. The summed E-state index contributed by atoms with van der Waals surface area (Å²) in [7, 11) is 3.13. The summed E-state index contributed by atoms with van der Waals surface area (Å²) in [6.07, 6.45) is 4.32. The van der Waals surface area contributed by atoms with E-state index in [1.807, 2.05) is 11.0 Å². The molecule has 7 nitrogen and oxygen atoms in total. The number of anilines is 2. The second-order valence-electron chi connectivity index (χ2n) is 7.90. The molecule has 1 saturated heterocycles. The average Bonchev–Trinajstić information content (AvgIpc) is 3.05. The van der Waals surface area contributed by atoms with Crippen molar-refractivity contribution in [2.24, 2.45) is 0 Å². The lowest BCUT2D eigenvalue weighted by Gasteiger charge is -2.44. The van der Waals surface area contributed by atoms with Gasteiger partial charge in [-0.05, 0) is 44.4 Å². The molecule has 2 aliphatic heterocycles. The third-order valence-corrected chi connectivity index (χ3v) is 6.09. The van der Waals surface area contributed by atoms with Crippen molar-refractivity contribution in [2.45, 2.75) is 38.8 Å². The minimum atomic E-state index is -0.245. The summed E-state index contributed by atoms with van der Waals surface area (Å²) >= 11 is 0. The van der Waals surface area contributed by atoms with Gasteiger partial charge < -0.3 is 24.6 Å². The largest absolute Gasteiger partial charge is 0.497 e. The van der Waals surface area contributed by atoms with Crippen molar-refractivity contribution in [3.05, 3.63) is 47.5 Å². The molecule has 0 saturated carbocycles. The molecule has 31 heavy (non-hydrogen) atoms. The van der Waals surface area contributed by atoms with Crippen LogP contribution in [0.15, 0.2) is 36.4 Å². The topological polar surface area (TPSA) is 71.1 Å². The Hall–Kier alpha value is -3.22. The lowest BCUT2D eigenvalue weighted by molar-refractivity contribution is 0.0656. The lowest BCUT2D eigenvalue weighted by atomic mass is 10.0. The first-order chi connectivity index (χ1) is 15.0. The van der Waals surface area contributed by atoms with Crippen molar-refractivity contribution >= 4 is 23.2 Å². The average molecular weight is 424 g/mol. The highest BCUT2D eigenvalue weighted by Gasteiger charge is 2.37. The molecular formula is C24H29N3O4. The molecule has 2 aliphatic rings. The predicted octanol–water partition coefficient (Wildman–Crippen LogP) is 4.14. The Labute approximate surface area is 182 Å². The molecule has 2 aromatic rings. The van der Waals surface area contributed by atoms with Gasteiger partial charge in [-0.1, -0.05) is 6.42 Å². The summed E-state index contributed by atoms with van der Waals surface area (Å²) in [5.74, 6) is 1.01. The quantitative estimate of drug-likeness (QED) is 0.783.